The lowest BCUT2D eigenvalue weighted by molar-refractivity contribution is -0.148. The molecule has 1 aromatic carbocycles. The van der Waals surface area contributed by atoms with Crippen molar-refractivity contribution in [1.29, 1.82) is 0 Å². The van der Waals surface area contributed by atoms with E-state index >= 15 is 0 Å². The molecule has 23 heteroatoms. The van der Waals surface area contributed by atoms with E-state index in [1.165, 1.54) is 33.9 Å². The minimum Gasteiger partial charge on any atom is -0.480 e. The second-order valence-corrected chi connectivity index (χ2v) is 18.5. The number of nitrogens with two attached hydrogens (primary N) is 2. The Labute approximate surface area is 425 Å². The summed E-state index contributed by atoms with van der Waals surface area (Å²) in [5.74, 6) is -11.8. The van der Waals surface area contributed by atoms with Crippen molar-refractivity contribution in [2.45, 2.75) is 142 Å². The van der Waals surface area contributed by atoms with Crippen molar-refractivity contribution >= 4 is 65.2 Å². The number of rotatable bonds is 16. The van der Waals surface area contributed by atoms with Gasteiger partial charge in [-0.3, -0.25) is 43.3 Å². The lowest BCUT2D eigenvalue weighted by Gasteiger charge is -2.27. The summed E-state index contributed by atoms with van der Waals surface area (Å²) in [6.07, 6.45) is 3.44. The molecule has 0 bridgehead atoms. The van der Waals surface area contributed by atoms with Gasteiger partial charge in [0.25, 0.3) is 5.91 Å². The van der Waals surface area contributed by atoms with Crippen LogP contribution < -0.4 is 43.4 Å². The first kappa shape index (κ1) is 61.5. The highest BCUT2D eigenvalue weighted by Gasteiger charge is 2.34. The highest BCUT2D eigenvalue weighted by Crippen LogP contribution is 2.19. The van der Waals surface area contributed by atoms with E-state index in [1.807, 2.05) is 43.3 Å². The zero-order valence-corrected chi connectivity index (χ0v) is 42.9. The van der Waals surface area contributed by atoms with Gasteiger partial charge in [0.05, 0.1) is 18.4 Å². The number of carboxylic acids is 2. The van der Waals surface area contributed by atoms with Gasteiger partial charge in [-0.2, -0.15) is 0 Å². The molecule has 12 N–H and O–H groups in total. The number of hydrogen-bond acceptors (Lipinski definition) is 12. The van der Waals surface area contributed by atoms with Gasteiger partial charge in [0.15, 0.2) is 5.96 Å². The van der Waals surface area contributed by atoms with Crippen molar-refractivity contribution in [3.63, 3.8) is 0 Å². The lowest BCUT2D eigenvalue weighted by atomic mass is 9.94. The first-order valence-electron chi connectivity index (χ1n) is 24.1. The number of likely N-dealkylation sites (N-methyl/N-ethyl adjacent to an activating group) is 1. The number of benzene rings is 1. The number of unbranched alkanes of at least 4 members (excludes halogenated alkanes) is 1. The van der Waals surface area contributed by atoms with Crippen LogP contribution in [0.25, 0.3) is 0 Å². The van der Waals surface area contributed by atoms with Crippen molar-refractivity contribution in [3.8, 4) is 0 Å². The molecule has 1 fully saturated rings. The normalized spacial score (nSPS) is 23.8. The van der Waals surface area contributed by atoms with E-state index in [9.17, 15) is 58.2 Å². The number of carbonyl (C=O) groups is 10. The third kappa shape index (κ3) is 22.2. The molecule has 0 saturated carbocycles. The predicted octanol–water partition coefficient (Wildman–Crippen LogP) is 0.679. The smallest absolute Gasteiger partial charge is 0.326 e. The molecule has 0 unspecified atom stereocenters. The van der Waals surface area contributed by atoms with E-state index in [-0.39, 0.29) is 43.6 Å². The SMILES string of the molecule is C=C1C(=O)N[C@H](C)C(=O)N[C@H](CC(C)C)C(=O)N[C@@H](C(=O)O)CC(=O)N[C@@H](CCCCN=C(N)N)C(=O)N[C@@H](/C=C/C(C)=C/[C@H](C)[C@H](Cc2ccccc2)OC(C)=O)[C@H](C)C(=O)N[C@@H](C(=O)O)CCC(=O)N1C. The minimum atomic E-state index is -1.86. The Hall–Kier alpha value is -7.59. The van der Waals surface area contributed by atoms with Crippen LogP contribution in [-0.2, 0) is 59.1 Å². The molecule has 23 nitrogen and oxygen atoms in total. The van der Waals surface area contributed by atoms with Crippen LogP contribution in [0, 0.1) is 17.8 Å². The maximum Gasteiger partial charge on any atom is 0.326 e. The van der Waals surface area contributed by atoms with Crippen molar-refractivity contribution in [1.82, 2.24) is 36.8 Å². The summed E-state index contributed by atoms with van der Waals surface area (Å²) >= 11 is 0. The molecule has 73 heavy (non-hydrogen) atoms. The second-order valence-electron chi connectivity index (χ2n) is 18.5. The Bertz CT molecular complexity index is 2240. The number of aliphatic carboxylic acids is 2. The Balaban J connectivity index is 2.72. The molecular formula is C50H74N10O13. The number of carbonyl (C=O) groups excluding carboxylic acids is 8. The second kappa shape index (κ2) is 30.3. The summed E-state index contributed by atoms with van der Waals surface area (Å²) in [6, 6.07) is 0.603. The summed E-state index contributed by atoms with van der Waals surface area (Å²) in [5.41, 5.74) is 12.0. The van der Waals surface area contributed by atoms with Gasteiger partial charge < -0.3 is 63.2 Å². The Morgan fingerprint density at radius 3 is 2.04 bits per heavy atom. The monoisotopic (exact) mass is 1020 g/mol. The number of nitrogens with one attached hydrogen (secondary N) is 6. The summed E-state index contributed by atoms with van der Waals surface area (Å²) in [4.78, 5) is 137. The lowest BCUT2D eigenvalue weighted by Crippen LogP contribution is -2.57. The van der Waals surface area contributed by atoms with Gasteiger partial charge in [-0.15, -0.1) is 0 Å². The van der Waals surface area contributed by atoms with Crippen LogP contribution in [0.3, 0.4) is 0 Å². The number of ether oxygens (including phenoxy) is 1. The van der Waals surface area contributed by atoms with E-state index in [2.05, 4.69) is 43.5 Å². The molecule has 0 aliphatic carbocycles. The summed E-state index contributed by atoms with van der Waals surface area (Å²) < 4.78 is 5.67. The number of esters is 1. The average molecular weight is 1020 g/mol. The predicted molar refractivity (Wildman–Crippen MR) is 269 cm³/mol. The third-order valence-corrected chi connectivity index (χ3v) is 11.8. The number of hydrogen-bond donors (Lipinski definition) is 10. The van der Waals surface area contributed by atoms with E-state index in [4.69, 9.17) is 16.2 Å². The van der Waals surface area contributed by atoms with Crippen molar-refractivity contribution < 1.29 is 62.9 Å². The van der Waals surface area contributed by atoms with Crippen LogP contribution in [0.15, 0.2) is 71.4 Å². The van der Waals surface area contributed by atoms with E-state index < -0.39 is 132 Å². The number of nitrogens with zero attached hydrogens (tertiary/aromatic N) is 2. The van der Waals surface area contributed by atoms with Gasteiger partial charge >= 0.3 is 17.9 Å². The van der Waals surface area contributed by atoms with Crippen molar-refractivity contribution in [3.05, 3.63) is 72.0 Å². The largest absolute Gasteiger partial charge is 0.480 e. The molecule has 2 rings (SSSR count). The van der Waals surface area contributed by atoms with Gasteiger partial charge in [0.2, 0.25) is 35.4 Å². The molecule has 1 heterocycles. The zero-order chi connectivity index (χ0) is 55.1. The fourth-order valence-corrected chi connectivity index (χ4v) is 7.49. The summed E-state index contributed by atoms with van der Waals surface area (Å²) in [5, 5.41) is 35.2. The van der Waals surface area contributed by atoms with Crippen LogP contribution in [0.5, 0.6) is 0 Å². The molecule has 1 aliphatic heterocycles. The van der Waals surface area contributed by atoms with Gasteiger partial charge in [0.1, 0.15) is 42.0 Å². The first-order valence-corrected chi connectivity index (χ1v) is 24.1. The standard InChI is InChI=1S/C50H74N10O13/c1-27(2)23-38-47(68)59-39(49(71)72)26-41(62)55-36(17-13-14-22-53-50(51)52)46(67)56-35(19-18-28(3)24-29(4)40(73-33(8)61)25-34-15-11-10-12-16-34)30(5)43(64)57-37(48(69)70)20-21-42(63)60(9)32(7)45(66)54-31(6)44(65)58-38/h10-12,15-16,18-19,24,27,29-31,35-40H,7,13-14,17,20-23,25-26H2,1-6,8-9H3,(H,54,66)(H,55,62)(H,56,67)(H,57,64)(H,58,65)(H,59,68)(H,69,70)(H,71,72)(H4,51,52,53)/b19-18+,28-24+/t29-,30-,31+,35-,36-,37+,38+,39+,40-/m0/s1. The molecule has 0 aromatic heterocycles. The van der Waals surface area contributed by atoms with Crippen LogP contribution in [0.1, 0.15) is 99.0 Å². The number of guanidine groups is 1. The zero-order valence-electron chi connectivity index (χ0n) is 42.9. The van der Waals surface area contributed by atoms with E-state index in [0.717, 1.165) is 10.5 Å². The molecule has 1 aromatic rings. The Morgan fingerprint density at radius 2 is 1.45 bits per heavy atom. The third-order valence-electron chi connectivity index (χ3n) is 11.8. The molecular weight excluding hydrogens is 949 g/mol. The minimum absolute atomic E-state index is 0.00293. The maximum absolute atomic E-state index is 14.4. The quantitative estimate of drug-likeness (QED) is 0.0272. The average Bonchev–Trinajstić information content (AvgIpc) is 3.31. The van der Waals surface area contributed by atoms with Gasteiger partial charge in [0, 0.05) is 39.3 Å². The molecule has 7 amide bonds. The maximum atomic E-state index is 14.4. The van der Waals surface area contributed by atoms with Crippen molar-refractivity contribution in [2.75, 3.05) is 13.6 Å². The highest BCUT2D eigenvalue weighted by atomic mass is 16.5. The molecule has 1 aliphatic rings. The number of aliphatic imine (C=N–C) groups is 1. The summed E-state index contributed by atoms with van der Waals surface area (Å²) in [6.45, 7) is 14.9. The van der Waals surface area contributed by atoms with Crippen LogP contribution in [-0.4, -0.2) is 136 Å². The van der Waals surface area contributed by atoms with E-state index in [1.54, 1.807) is 26.8 Å². The molecule has 9 atom stereocenters. The molecule has 0 spiro atoms. The molecule has 0 radical (unpaired) electrons. The Morgan fingerprint density at radius 1 is 0.836 bits per heavy atom. The fourth-order valence-electron chi connectivity index (χ4n) is 7.49. The van der Waals surface area contributed by atoms with Gasteiger partial charge in [-0.05, 0) is 57.4 Å². The van der Waals surface area contributed by atoms with Crippen molar-refractivity contribution in [2.24, 2.45) is 34.2 Å². The van der Waals surface area contributed by atoms with Gasteiger partial charge in [-0.1, -0.05) is 88.4 Å². The van der Waals surface area contributed by atoms with Crippen LogP contribution >= 0.6 is 0 Å². The fraction of sp³-hybridized carbons (Fsp3) is 0.540. The highest BCUT2D eigenvalue weighted by molar-refractivity contribution is 6.00. The number of carboxylic acid groups (broad SMARTS) is 2. The van der Waals surface area contributed by atoms with Crippen LogP contribution in [0.2, 0.25) is 0 Å². The number of amides is 7. The summed E-state index contributed by atoms with van der Waals surface area (Å²) in [7, 11) is 1.20. The topological polar surface area (TPSA) is 360 Å². The number of allylic oxidation sites excluding steroid dienone is 2. The molecule has 1 saturated heterocycles. The van der Waals surface area contributed by atoms with E-state index in [0.29, 0.717) is 18.4 Å². The van der Waals surface area contributed by atoms with Gasteiger partial charge in [-0.25, -0.2) is 9.59 Å². The first-order chi connectivity index (χ1) is 34.2. The van der Waals surface area contributed by atoms with Crippen LogP contribution in [0.4, 0.5) is 0 Å². The Kier molecular flexibility index (Phi) is 25.6. The molecule has 402 valence electrons.